The Hall–Kier alpha value is -0.450. The minimum absolute atomic E-state index is 0.313. The smallest absolute Gasteiger partial charge is 0.129 e. The third-order valence-corrected chi connectivity index (χ3v) is 1.94. The molecule has 1 atom stereocenters. The van der Waals surface area contributed by atoms with E-state index in [-0.39, 0.29) is 0 Å². The molecule has 0 aliphatic carbocycles. The van der Waals surface area contributed by atoms with Gasteiger partial charge in [0.1, 0.15) is 11.1 Å². The van der Waals surface area contributed by atoms with E-state index in [1.165, 1.54) is 11.3 Å². The fourth-order valence-corrected chi connectivity index (χ4v) is 1.24. The van der Waals surface area contributed by atoms with Crippen molar-refractivity contribution in [2.45, 2.75) is 6.10 Å². The Morgan fingerprint density at radius 1 is 1.90 bits per heavy atom. The average Bonchev–Trinajstić information content (AvgIpc) is 2.38. The lowest BCUT2D eigenvalue weighted by Gasteiger charge is -2.03. The second-order valence-corrected chi connectivity index (χ2v) is 2.77. The highest BCUT2D eigenvalue weighted by Gasteiger charge is 2.07. The summed E-state index contributed by atoms with van der Waals surface area (Å²) < 4.78 is 4.74. The molecule has 0 aliphatic rings. The molecule has 1 aromatic rings. The van der Waals surface area contributed by atoms with Crippen LogP contribution in [0.2, 0.25) is 0 Å². The SMILES string of the molecule is COC[C@@H](O)c1nccs1. The minimum Gasteiger partial charge on any atom is -0.383 e. The van der Waals surface area contributed by atoms with E-state index in [0.29, 0.717) is 11.6 Å². The molecule has 0 unspecified atom stereocenters. The van der Waals surface area contributed by atoms with Crippen LogP contribution in [0.25, 0.3) is 0 Å². The summed E-state index contributed by atoms with van der Waals surface area (Å²) in [5.74, 6) is 0. The van der Waals surface area contributed by atoms with E-state index in [4.69, 9.17) is 4.74 Å². The van der Waals surface area contributed by atoms with E-state index < -0.39 is 6.10 Å². The van der Waals surface area contributed by atoms with Gasteiger partial charge in [0, 0.05) is 18.7 Å². The largest absolute Gasteiger partial charge is 0.383 e. The number of nitrogens with zero attached hydrogens (tertiary/aromatic N) is 1. The van der Waals surface area contributed by atoms with E-state index in [2.05, 4.69) is 4.98 Å². The first-order valence-electron chi connectivity index (χ1n) is 2.91. The summed E-state index contributed by atoms with van der Waals surface area (Å²) >= 11 is 1.43. The van der Waals surface area contributed by atoms with E-state index in [1.54, 1.807) is 13.3 Å². The number of hydrogen-bond donors (Lipinski definition) is 1. The Labute approximate surface area is 63.3 Å². The molecule has 0 amide bonds. The van der Waals surface area contributed by atoms with Gasteiger partial charge in [-0.15, -0.1) is 11.3 Å². The zero-order valence-corrected chi connectivity index (χ0v) is 6.47. The van der Waals surface area contributed by atoms with Crippen LogP contribution in [0.5, 0.6) is 0 Å². The molecular formula is C6H9NO2S. The topological polar surface area (TPSA) is 42.4 Å². The van der Waals surface area contributed by atoms with Gasteiger partial charge in [0.15, 0.2) is 0 Å². The Bertz CT molecular complexity index is 176. The average molecular weight is 159 g/mol. The van der Waals surface area contributed by atoms with Crippen LogP contribution in [0.15, 0.2) is 11.6 Å². The molecule has 3 nitrogen and oxygen atoms in total. The molecule has 0 radical (unpaired) electrons. The summed E-state index contributed by atoms with van der Waals surface area (Å²) in [6.45, 7) is 0.313. The van der Waals surface area contributed by atoms with Gasteiger partial charge >= 0.3 is 0 Å². The van der Waals surface area contributed by atoms with Crippen molar-refractivity contribution in [2.75, 3.05) is 13.7 Å². The van der Waals surface area contributed by atoms with Gasteiger partial charge in [-0.1, -0.05) is 0 Å². The second kappa shape index (κ2) is 3.65. The highest BCUT2D eigenvalue weighted by Crippen LogP contribution is 2.14. The first-order valence-corrected chi connectivity index (χ1v) is 3.79. The molecule has 4 heteroatoms. The number of aromatic nitrogens is 1. The number of ether oxygens (including phenoxy) is 1. The Balaban J connectivity index is 2.50. The van der Waals surface area contributed by atoms with Crippen molar-refractivity contribution < 1.29 is 9.84 Å². The van der Waals surface area contributed by atoms with E-state index in [1.807, 2.05) is 5.38 Å². The third-order valence-electron chi connectivity index (χ3n) is 1.06. The van der Waals surface area contributed by atoms with Gasteiger partial charge in [-0.3, -0.25) is 0 Å². The molecule has 0 fully saturated rings. The molecule has 1 N–H and O–H groups in total. The van der Waals surface area contributed by atoms with Crippen LogP contribution in [0.1, 0.15) is 11.1 Å². The summed E-state index contributed by atoms with van der Waals surface area (Å²) in [6.07, 6.45) is 1.10. The molecule has 0 saturated heterocycles. The van der Waals surface area contributed by atoms with Crippen LogP contribution >= 0.6 is 11.3 Å². The molecule has 0 bridgehead atoms. The van der Waals surface area contributed by atoms with Crippen molar-refractivity contribution in [3.05, 3.63) is 16.6 Å². The number of rotatable bonds is 3. The summed E-state index contributed by atoms with van der Waals surface area (Å²) in [4.78, 5) is 3.92. The van der Waals surface area contributed by atoms with Gasteiger partial charge in [-0.25, -0.2) is 4.98 Å². The van der Waals surface area contributed by atoms with Crippen molar-refractivity contribution in [1.82, 2.24) is 4.98 Å². The predicted octanol–water partition coefficient (Wildman–Crippen LogP) is 0.823. The van der Waals surface area contributed by atoms with E-state index in [9.17, 15) is 5.11 Å². The maximum atomic E-state index is 9.23. The number of aliphatic hydroxyl groups is 1. The second-order valence-electron chi connectivity index (χ2n) is 1.84. The molecule has 1 rings (SSSR count). The molecule has 1 aromatic heterocycles. The number of thiazole rings is 1. The van der Waals surface area contributed by atoms with Crippen LogP contribution in [-0.2, 0) is 4.74 Å². The summed E-state index contributed by atoms with van der Waals surface area (Å²) in [5, 5.41) is 11.8. The minimum atomic E-state index is -0.565. The van der Waals surface area contributed by atoms with Crippen molar-refractivity contribution in [2.24, 2.45) is 0 Å². The Morgan fingerprint density at radius 2 is 2.70 bits per heavy atom. The molecule has 0 spiro atoms. The monoisotopic (exact) mass is 159 g/mol. The van der Waals surface area contributed by atoms with Gasteiger partial charge < -0.3 is 9.84 Å². The van der Waals surface area contributed by atoms with E-state index in [0.717, 1.165) is 0 Å². The van der Waals surface area contributed by atoms with Crippen LogP contribution in [0.4, 0.5) is 0 Å². The highest BCUT2D eigenvalue weighted by molar-refractivity contribution is 7.09. The normalized spacial score (nSPS) is 13.4. The van der Waals surface area contributed by atoms with Crippen LogP contribution in [0, 0.1) is 0 Å². The van der Waals surface area contributed by atoms with Gasteiger partial charge in [-0.2, -0.15) is 0 Å². The number of hydrogen-bond acceptors (Lipinski definition) is 4. The van der Waals surface area contributed by atoms with Crippen LogP contribution in [-0.4, -0.2) is 23.8 Å². The summed E-state index contributed by atoms with van der Waals surface area (Å²) in [7, 11) is 1.55. The van der Waals surface area contributed by atoms with Gasteiger partial charge in [-0.05, 0) is 0 Å². The van der Waals surface area contributed by atoms with Crippen molar-refractivity contribution in [3.63, 3.8) is 0 Å². The van der Waals surface area contributed by atoms with Crippen LogP contribution in [0.3, 0.4) is 0 Å². The lowest BCUT2D eigenvalue weighted by molar-refractivity contribution is 0.0642. The third kappa shape index (κ3) is 1.76. The lowest BCUT2D eigenvalue weighted by atomic mass is 10.4. The quantitative estimate of drug-likeness (QED) is 0.710. The Kier molecular flexibility index (Phi) is 2.80. The van der Waals surface area contributed by atoms with Crippen molar-refractivity contribution in [3.8, 4) is 0 Å². The van der Waals surface area contributed by atoms with Gasteiger partial charge in [0.25, 0.3) is 0 Å². The maximum absolute atomic E-state index is 9.23. The van der Waals surface area contributed by atoms with Gasteiger partial charge in [0.05, 0.1) is 6.61 Å². The predicted molar refractivity (Wildman–Crippen MR) is 38.9 cm³/mol. The molecular weight excluding hydrogens is 150 g/mol. The molecule has 10 heavy (non-hydrogen) atoms. The zero-order valence-electron chi connectivity index (χ0n) is 5.65. The van der Waals surface area contributed by atoms with Gasteiger partial charge in [0.2, 0.25) is 0 Å². The molecule has 1 heterocycles. The Morgan fingerprint density at radius 3 is 3.20 bits per heavy atom. The molecule has 0 saturated carbocycles. The highest BCUT2D eigenvalue weighted by atomic mass is 32.1. The first kappa shape index (κ1) is 7.65. The van der Waals surface area contributed by atoms with Crippen molar-refractivity contribution >= 4 is 11.3 Å². The number of aliphatic hydroxyl groups excluding tert-OH is 1. The molecule has 0 aliphatic heterocycles. The standard InChI is InChI=1S/C6H9NO2S/c1-9-4-5(8)6-7-2-3-10-6/h2-3,5,8H,4H2,1H3/t5-/m1/s1. The lowest BCUT2D eigenvalue weighted by Crippen LogP contribution is -2.03. The number of methoxy groups -OCH3 is 1. The maximum Gasteiger partial charge on any atom is 0.129 e. The summed E-state index contributed by atoms with van der Waals surface area (Å²) in [6, 6.07) is 0. The molecule has 0 aromatic carbocycles. The zero-order chi connectivity index (χ0) is 7.40. The molecule has 56 valence electrons. The summed E-state index contributed by atoms with van der Waals surface area (Å²) in [5.41, 5.74) is 0. The fourth-order valence-electron chi connectivity index (χ4n) is 0.628. The first-order chi connectivity index (χ1) is 4.84. The fraction of sp³-hybridized carbons (Fsp3) is 0.500. The van der Waals surface area contributed by atoms with Crippen molar-refractivity contribution in [1.29, 1.82) is 0 Å². The van der Waals surface area contributed by atoms with Crippen LogP contribution < -0.4 is 0 Å². The van der Waals surface area contributed by atoms with E-state index >= 15 is 0 Å².